The highest BCUT2D eigenvalue weighted by molar-refractivity contribution is 5.90. The standard InChI is InChI=1S/C29H36N2O6/c1-28(2,3)25-26(33)31-18-29(36-5,16-23(31)17-32)22-11-10-19-15-24(35-4)20(13-21(19)14-22)9-7-6-8-12-37-27(34)30-25/h7,9-11,13-15,17,23,25H,6,8,12,16,18H2,1-5H3,(H,30,34)/b9-7-/t23-,25+,29-/m0/s1. The molecular formula is C29H36N2O6. The van der Waals surface area contributed by atoms with Crippen molar-refractivity contribution in [3.63, 3.8) is 0 Å². The molecule has 2 aromatic rings. The van der Waals surface area contributed by atoms with Crippen LogP contribution in [0.4, 0.5) is 4.79 Å². The minimum Gasteiger partial charge on any atom is -0.496 e. The molecule has 37 heavy (non-hydrogen) atoms. The van der Waals surface area contributed by atoms with Gasteiger partial charge in [-0.05, 0) is 52.8 Å². The van der Waals surface area contributed by atoms with Crippen LogP contribution in [0.1, 0.15) is 51.2 Å². The van der Waals surface area contributed by atoms with Gasteiger partial charge in [-0.15, -0.1) is 0 Å². The number of amides is 2. The number of ether oxygens (including phenoxy) is 3. The van der Waals surface area contributed by atoms with Crippen LogP contribution in [-0.4, -0.2) is 62.6 Å². The Balaban J connectivity index is 1.83. The minimum atomic E-state index is -0.875. The quantitative estimate of drug-likeness (QED) is 0.616. The molecule has 1 N–H and O–H groups in total. The van der Waals surface area contributed by atoms with Crippen LogP contribution in [0, 0.1) is 5.41 Å². The van der Waals surface area contributed by atoms with Gasteiger partial charge >= 0.3 is 6.09 Å². The minimum absolute atomic E-state index is 0.184. The number of benzene rings is 2. The summed E-state index contributed by atoms with van der Waals surface area (Å²) in [4.78, 5) is 40.1. The van der Waals surface area contributed by atoms with E-state index >= 15 is 0 Å². The summed E-state index contributed by atoms with van der Waals surface area (Å²) in [6.07, 6.45) is 5.82. The van der Waals surface area contributed by atoms with Crippen molar-refractivity contribution in [3.05, 3.63) is 47.5 Å². The second kappa shape index (κ2) is 10.5. The highest BCUT2D eigenvalue weighted by Gasteiger charge is 2.50. The van der Waals surface area contributed by atoms with E-state index in [1.165, 1.54) is 4.90 Å². The van der Waals surface area contributed by atoms with Crippen LogP contribution in [0.5, 0.6) is 5.75 Å². The molecule has 0 radical (unpaired) electrons. The number of cyclic esters (lactones) is 1. The predicted octanol–water partition coefficient (Wildman–Crippen LogP) is 4.44. The third kappa shape index (κ3) is 5.34. The van der Waals surface area contributed by atoms with Gasteiger partial charge in [0, 0.05) is 19.1 Å². The SMILES string of the molecule is COc1cc2ccc3cc2cc1/C=C\CCCOC(=O)N[C@@H](C(C)(C)C)C(=O)N1C[C@@]3(OC)C[C@H]1C=O. The first kappa shape index (κ1) is 26.7. The van der Waals surface area contributed by atoms with E-state index in [4.69, 9.17) is 14.2 Å². The number of hydrogen-bond donors (Lipinski definition) is 1. The summed E-state index contributed by atoms with van der Waals surface area (Å²) in [5, 5.41) is 4.77. The van der Waals surface area contributed by atoms with Gasteiger partial charge in [0.1, 0.15) is 23.7 Å². The average Bonchev–Trinajstić information content (AvgIpc) is 3.27. The largest absolute Gasteiger partial charge is 0.496 e. The number of allylic oxidation sites excluding steroid dienone is 1. The Bertz CT molecular complexity index is 1220. The Hall–Kier alpha value is -3.39. The van der Waals surface area contributed by atoms with Gasteiger partial charge in [0.25, 0.3) is 0 Å². The van der Waals surface area contributed by atoms with E-state index < -0.39 is 29.2 Å². The smallest absolute Gasteiger partial charge is 0.407 e. The summed E-state index contributed by atoms with van der Waals surface area (Å²) >= 11 is 0. The molecule has 198 valence electrons. The summed E-state index contributed by atoms with van der Waals surface area (Å²) in [5.74, 6) is 0.423. The van der Waals surface area contributed by atoms with Crippen molar-refractivity contribution < 1.29 is 28.6 Å². The van der Waals surface area contributed by atoms with Gasteiger partial charge in [0.2, 0.25) is 5.91 Å². The molecule has 0 aromatic heterocycles. The fourth-order valence-corrected chi connectivity index (χ4v) is 5.18. The molecule has 0 spiro atoms. The average molecular weight is 509 g/mol. The molecule has 8 nitrogen and oxygen atoms in total. The number of alkyl carbamates (subject to hydrolysis) is 1. The first-order valence-corrected chi connectivity index (χ1v) is 12.6. The summed E-state index contributed by atoms with van der Waals surface area (Å²) < 4.78 is 17.0. The number of hydrogen-bond acceptors (Lipinski definition) is 6. The maximum absolute atomic E-state index is 13.8. The van der Waals surface area contributed by atoms with Crippen LogP contribution in [0.25, 0.3) is 16.8 Å². The van der Waals surface area contributed by atoms with Crippen molar-refractivity contribution in [2.24, 2.45) is 5.41 Å². The Morgan fingerprint density at radius 1 is 1.14 bits per heavy atom. The molecule has 8 heteroatoms. The first-order valence-electron chi connectivity index (χ1n) is 12.6. The van der Waals surface area contributed by atoms with Gasteiger partial charge in [-0.2, -0.15) is 0 Å². The Morgan fingerprint density at radius 3 is 2.59 bits per heavy atom. The molecule has 0 saturated carbocycles. The zero-order valence-corrected chi connectivity index (χ0v) is 22.2. The number of carbonyl (C=O) groups is 3. The molecule has 2 aromatic carbocycles. The van der Waals surface area contributed by atoms with Crippen LogP contribution >= 0.6 is 0 Å². The van der Waals surface area contributed by atoms with Gasteiger partial charge in [0.15, 0.2) is 0 Å². The maximum Gasteiger partial charge on any atom is 0.407 e. The van der Waals surface area contributed by atoms with Gasteiger partial charge in [0.05, 0.1) is 26.3 Å². The fraction of sp³-hybridized carbons (Fsp3) is 0.483. The molecule has 5 bridgehead atoms. The molecule has 1 fully saturated rings. The zero-order valence-electron chi connectivity index (χ0n) is 22.2. The number of rotatable bonds is 3. The normalized spacial score (nSPS) is 25.9. The lowest BCUT2D eigenvalue weighted by molar-refractivity contribution is -0.139. The Kier molecular flexibility index (Phi) is 7.59. The zero-order chi connectivity index (χ0) is 26.8. The molecule has 0 aliphatic carbocycles. The number of aldehydes is 1. The van der Waals surface area contributed by atoms with Gasteiger partial charge in [-0.1, -0.05) is 45.1 Å². The second-order valence-electron chi connectivity index (χ2n) is 10.9. The van der Waals surface area contributed by atoms with E-state index in [0.717, 1.165) is 33.9 Å². The molecule has 1 saturated heterocycles. The van der Waals surface area contributed by atoms with Gasteiger partial charge < -0.3 is 29.2 Å². The predicted molar refractivity (Wildman–Crippen MR) is 141 cm³/mol. The van der Waals surface area contributed by atoms with Crippen LogP contribution in [-0.2, 0) is 24.7 Å². The number of nitrogens with one attached hydrogen (secondary N) is 1. The molecule has 3 atom stereocenters. The first-order chi connectivity index (χ1) is 17.6. The Morgan fingerprint density at radius 2 is 1.92 bits per heavy atom. The summed E-state index contributed by atoms with van der Waals surface area (Å²) in [6.45, 7) is 6.02. The van der Waals surface area contributed by atoms with Crippen molar-refractivity contribution >= 4 is 35.1 Å². The fourth-order valence-electron chi connectivity index (χ4n) is 5.18. The number of nitrogens with zero attached hydrogens (tertiary/aromatic N) is 1. The van der Waals surface area contributed by atoms with E-state index in [-0.39, 0.29) is 19.1 Å². The summed E-state index contributed by atoms with van der Waals surface area (Å²) in [6, 6.07) is 8.54. The van der Waals surface area contributed by atoms with Crippen molar-refractivity contribution in [1.82, 2.24) is 10.2 Å². The summed E-state index contributed by atoms with van der Waals surface area (Å²) in [7, 11) is 3.25. The van der Waals surface area contributed by atoms with Crippen molar-refractivity contribution in [1.29, 1.82) is 0 Å². The molecular weight excluding hydrogens is 472 g/mol. The molecule has 2 amide bonds. The third-order valence-corrected chi connectivity index (χ3v) is 7.33. The van der Waals surface area contributed by atoms with E-state index in [2.05, 4.69) is 17.4 Å². The van der Waals surface area contributed by atoms with Gasteiger partial charge in [-0.3, -0.25) is 4.79 Å². The van der Waals surface area contributed by atoms with Crippen LogP contribution in [0.3, 0.4) is 0 Å². The third-order valence-electron chi connectivity index (χ3n) is 7.33. The highest BCUT2D eigenvalue weighted by atomic mass is 16.5. The van der Waals surface area contributed by atoms with E-state index in [9.17, 15) is 14.4 Å². The van der Waals surface area contributed by atoms with E-state index in [1.807, 2.05) is 51.1 Å². The van der Waals surface area contributed by atoms with E-state index in [0.29, 0.717) is 19.3 Å². The monoisotopic (exact) mass is 508 g/mol. The summed E-state index contributed by atoms with van der Waals surface area (Å²) in [5.41, 5.74) is 0.328. The van der Waals surface area contributed by atoms with Crippen molar-refractivity contribution in [2.75, 3.05) is 27.4 Å². The lowest BCUT2D eigenvalue weighted by Crippen LogP contribution is -2.56. The van der Waals surface area contributed by atoms with Crippen molar-refractivity contribution in [2.45, 2.75) is 57.7 Å². The van der Waals surface area contributed by atoms with Crippen LogP contribution < -0.4 is 10.1 Å². The van der Waals surface area contributed by atoms with Crippen molar-refractivity contribution in [3.8, 4) is 5.75 Å². The lowest BCUT2D eigenvalue weighted by Gasteiger charge is -2.35. The molecule has 0 unspecified atom stereocenters. The Labute approximate surface area is 217 Å². The van der Waals surface area contributed by atoms with Crippen LogP contribution in [0.15, 0.2) is 36.4 Å². The number of methoxy groups -OCH3 is 2. The van der Waals surface area contributed by atoms with E-state index in [1.54, 1.807) is 14.2 Å². The molecule has 4 rings (SSSR count). The molecule has 2 heterocycles. The van der Waals surface area contributed by atoms with Crippen LogP contribution in [0.2, 0.25) is 0 Å². The topological polar surface area (TPSA) is 94.2 Å². The number of carbonyl (C=O) groups excluding carboxylic acids is 3. The highest BCUT2D eigenvalue weighted by Crippen LogP contribution is 2.41. The second-order valence-corrected chi connectivity index (χ2v) is 10.9. The maximum atomic E-state index is 13.8. The molecule has 2 aliphatic rings. The molecule has 2 aliphatic heterocycles. The lowest BCUT2D eigenvalue weighted by atomic mass is 9.85. The van der Waals surface area contributed by atoms with Gasteiger partial charge in [-0.25, -0.2) is 4.79 Å². The number of fused-ring (bicyclic) bond motifs is 5.